The summed E-state index contributed by atoms with van der Waals surface area (Å²) in [4.78, 5) is 15.5. The summed E-state index contributed by atoms with van der Waals surface area (Å²) in [7, 11) is 0. The van der Waals surface area contributed by atoms with E-state index >= 15 is 0 Å². The zero-order valence-corrected chi connectivity index (χ0v) is 10.4. The first-order valence-corrected chi connectivity index (χ1v) is 5.78. The predicted molar refractivity (Wildman–Crippen MR) is 67.9 cm³/mol. The second kappa shape index (κ2) is 5.75. The summed E-state index contributed by atoms with van der Waals surface area (Å²) < 4.78 is 26.7. The number of carbonyl (C=O) groups excluding carboxylic acids is 1. The van der Waals surface area contributed by atoms with E-state index in [9.17, 15) is 13.6 Å². The van der Waals surface area contributed by atoms with Gasteiger partial charge >= 0.3 is 0 Å². The third-order valence-electron chi connectivity index (χ3n) is 2.44. The van der Waals surface area contributed by atoms with E-state index in [1.54, 1.807) is 0 Å². The predicted octanol–water partition coefficient (Wildman–Crippen LogP) is 3.19. The Morgan fingerprint density at radius 2 is 1.95 bits per heavy atom. The normalized spacial score (nSPS) is 10.3. The van der Waals surface area contributed by atoms with Crippen molar-refractivity contribution in [2.75, 3.05) is 5.32 Å². The van der Waals surface area contributed by atoms with Gasteiger partial charge < -0.3 is 5.32 Å². The molecule has 0 aliphatic rings. The number of rotatable bonds is 3. The number of hydrogen-bond acceptors (Lipinski definition) is 2. The molecule has 1 heterocycles. The lowest BCUT2D eigenvalue weighted by Crippen LogP contribution is -2.16. The summed E-state index contributed by atoms with van der Waals surface area (Å²) in [5.74, 6) is -2.08. The molecule has 0 unspecified atom stereocenters. The molecule has 98 valence electrons. The van der Waals surface area contributed by atoms with Gasteiger partial charge in [-0.3, -0.25) is 9.78 Å². The summed E-state index contributed by atoms with van der Waals surface area (Å²) in [6.07, 6.45) is 2.41. The van der Waals surface area contributed by atoms with Crippen LogP contribution in [-0.2, 0) is 11.2 Å². The standard InChI is InChI=1S/C13H9ClF2N2O/c14-9-4-5-17-7-12(9)18-13(19)6-8-10(15)2-1-3-11(8)16/h1-5,7H,6H2,(H,18,19). The summed E-state index contributed by atoms with van der Waals surface area (Å²) in [6.45, 7) is 0. The van der Waals surface area contributed by atoms with Gasteiger partial charge in [0.05, 0.1) is 23.3 Å². The molecular weight excluding hydrogens is 274 g/mol. The molecule has 0 fully saturated rings. The van der Waals surface area contributed by atoms with Crippen molar-refractivity contribution in [3.63, 3.8) is 0 Å². The molecule has 19 heavy (non-hydrogen) atoms. The molecule has 1 N–H and O–H groups in total. The third kappa shape index (κ3) is 3.26. The van der Waals surface area contributed by atoms with Gasteiger partial charge in [0.25, 0.3) is 0 Å². The van der Waals surface area contributed by atoms with Crippen LogP contribution in [0.5, 0.6) is 0 Å². The molecule has 0 radical (unpaired) electrons. The smallest absolute Gasteiger partial charge is 0.229 e. The van der Waals surface area contributed by atoms with Crippen LogP contribution < -0.4 is 5.32 Å². The maximum Gasteiger partial charge on any atom is 0.229 e. The minimum absolute atomic E-state index is 0.278. The maximum absolute atomic E-state index is 13.4. The van der Waals surface area contributed by atoms with Crippen molar-refractivity contribution in [3.8, 4) is 0 Å². The average molecular weight is 283 g/mol. The van der Waals surface area contributed by atoms with Crippen molar-refractivity contribution in [2.24, 2.45) is 0 Å². The van der Waals surface area contributed by atoms with Gasteiger partial charge in [-0.05, 0) is 18.2 Å². The minimum atomic E-state index is -0.757. The molecule has 1 aromatic heterocycles. The SMILES string of the molecule is O=C(Cc1c(F)cccc1F)Nc1cnccc1Cl. The van der Waals surface area contributed by atoms with Gasteiger partial charge in [-0.2, -0.15) is 0 Å². The topological polar surface area (TPSA) is 42.0 Å². The van der Waals surface area contributed by atoms with E-state index in [1.807, 2.05) is 0 Å². The molecule has 1 aromatic carbocycles. The van der Waals surface area contributed by atoms with Crippen LogP contribution in [0.25, 0.3) is 0 Å². The van der Waals surface area contributed by atoms with E-state index in [2.05, 4.69) is 10.3 Å². The number of nitrogens with one attached hydrogen (secondary N) is 1. The second-order valence-electron chi connectivity index (χ2n) is 3.78. The fraction of sp³-hybridized carbons (Fsp3) is 0.0769. The molecule has 0 atom stereocenters. The number of halogens is 3. The Labute approximate surface area is 113 Å². The largest absolute Gasteiger partial charge is 0.323 e. The molecule has 2 rings (SSSR count). The maximum atomic E-state index is 13.4. The van der Waals surface area contributed by atoms with E-state index in [4.69, 9.17) is 11.6 Å². The molecule has 0 aliphatic carbocycles. The summed E-state index contributed by atoms with van der Waals surface area (Å²) >= 11 is 5.83. The van der Waals surface area contributed by atoms with E-state index < -0.39 is 24.0 Å². The Morgan fingerprint density at radius 3 is 2.58 bits per heavy atom. The van der Waals surface area contributed by atoms with Gasteiger partial charge in [0.2, 0.25) is 5.91 Å². The Morgan fingerprint density at radius 1 is 1.26 bits per heavy atom. The number of amides is 1. The molecule has 0 spiro atoms. The van der Waals surface area contributed by atoms with Crippen LogP contribution in [0.3, 0.4) is 0 Å². The Hall–Kier alpha value is -2.01. The lowest BCUT2D eigenvalue weighted by molar-refractivity contribution is -0.115. The van der Waals surface area contributed by atoms with Crippen LogP contribution in [-0.4, -0.2) is 10.9 Å². The highest BCUT2D eigenvalue weighted by Crippen LogP contribution is 2.20. The fourth-order valence-corrected chi connectivity index (χ4v) is 1.68. The molecule has 2 aromatic rings. The molecule has 0 saturated carbocycles. The van der Waals surface area contributed by atoms with E-state index in [-0.39, 0.29) is 5.56 Å². The molecular formula is C13H9ClF2N2O. The number of hydrogen-bond donors (Lipinski definition) is 1. The lowest BCUT2D eigenvalue weighted by atomic mass is 10.1. The minimum Gasteiger partial charge on any atom is -0.323 e. The van der Waals surface area contributed by atoms with Crippen molar-refractivity contribution in [2.45, 2.75) is 6.42 Å². The van der Waals surface area contributed by atoms with Crippen molar-refractivity contribution in [1.29, 1.82) is 0 Å². The van der Waals surface area contributed by atoms with Crippen LogP contribution in [0.15, 0.2) is 36.7 Å². The van der Waals surface area contributed by atoms with E-state index in [0.717, 1.165) is 12.1 Å². The summed E-state index contributed by atoms with van der Waals surface area (Å²) in [5.41, 5.74) is 0.0194. The quantitative estimate of drug-likeness (QED) is 0.939. The fourth-order valence-electron chi connectivity index (χ4n) is 1.53. The number of pyridine rings is 1. The van der Waals surface area contributed by atoms with Gasteiger partial charge in [-0.1, -0.05) is 17.7 Å². The molecule has 0 bridgehead atoms. The Kier molecular flexibility index (Phi) is 4.06. The first kappa shape index (κ1) is 13.4. The van der Waals surface area contributed by atoms with Crippen LogP contribution in [0.1, 0.15) is 5.56 Å². The van der Waals surface area contributed by atoms with Crippen LogP contribution in [0.4, 0.5) is 14.5 Å². The van der Waals surface area contributed by atoms with Gasteiger partial charge in [0.15, 0.2) is 0 Å². The highest BCUT2D eigenvalue weighted by molar-refractivity contribution is 6.33. The average Bonchev–Trinajstić information content (AvgIpc) is 2.37. The van der Waals surface area contributed by atoms with Gasteiger partial charge in [0.1, 0.15) is 11.6 Å². The first-order valence-electron chi connectivity index (χ1n) is 5.40. The Bertz CT molecular complexity index is 599. The highest BCUT2D eigenvalue weighted by atomic mass is 35.5. The zero-order chi connectivity index (χ0) is 13.8. The summed E-state index contributed by atoms with van der Waals surface area (Å²) in [6, 6.07) is 4.94. The molecule has 3 nitrogen and oxygen atoms in total. The van der Waals surface area contributed by atoms with Gasteiger partial charge in [0, 0.05) is 11.8 Å². The third-order valence-corrected chi connectivity index (χ3v) is 2.77. The Balaban J connectivity index is 2.12. The molecule has 6 heteroatoms. The van der Waals surface area contributed by atoms with E-state index in [0.29, 0.717) is 10.7 Å². The summed E-state index contributed by atoms with van der Waals surface area (Å²) in [5, 5.41) is 2.75. The van der Waals surface area contributed by atoms with Crippen LogP contribution in [0.2, 0.25) is 5.02 Å². The highest BCUT2D eigenvalue weighted by Gasteiger charge is 2.13. The lowest BCUT2D eigenvalue weighted by Gasteiger charge is -2.07. The number of nitrogens with zero attached hydrogens (tertiary/aromatic N) is 1. The van der Waals surface area contributed by atoms with Gasteiger partial charge in [-0.15, -0.1) is 0 Å². The zero-order valence-electron chi connectivity index (χ0n) is 9.66. The van der Waals surface area contributed by atoms with Crippen molar-refractivity contribution in [1.82, 2.24) is 4.98 Å². The van der Waals surface area contributed by atoms with Crippen molar-refractivity contribution < 1.29 is 13.6 Å². The number of carbonyl (C=O) groups is 1. The molecule has 0 saturated heterocycles. The van der Waals surface area contributed by atoms with E-state index in [1.165, 1.54) is 24.5 Å². The number of anilines is 1. The van der Waals surface area contributed by atoms with Crippen molar-refractivity contribution >= 4 is 23.2 Å². The molecule has 0 aliphatic heterocycles. The van der Waals surface area contributed by atoms with Gasteiger partial charge in [-0.25, -0.2) is 8.78 Å². The van der Waals surface area contributed by atoms with Crippen LogP contribution >= 0.6 is 11.6 Å². The number of aromatic nitrogens is 1. The molecule has 1 amide bonds. The second-order valence-corrected chi connectivity index (χ2v) is 4.19. The van der Waals surface area contributed by atoms with Crippen molar-refractivity contribution in [3.05, 3.63) is 58.9 Å². The number of benzene rings is 1. The van der Waals surface area contributed by atoms with Crippen LogP contribution in [0, 0.1) is 11.6 Å². The first-order chi connectivity index (χ1) is 9.08. The monoisotopic (exact) mass is 282 g/mol.